The van der Waals surface area contributed by atoms with Crippen molar-refractivity contribution in [1.29, 1.82) is 0 Å². The normalized spacial score (nSPS) is 23.3. The van der Waals surface area contributed by atoms with E-state index in [4.69, 9.17) is 5.73 Å². The van der Waals surface area contributed by atoms with Gasteiger partial charge in [0.15, 0.2) is 0 Å². The van der Waals surface area contributed by atoms with Crippen LogP contribution >= 0.6 is 0 Å². The minimum absolute atomic E-state index is 0.336. The number of aryl methyl sites for hydroxylation is 1. The first kappa shape index (κ1) is 13.1. The molecule has 0 radical (unpaired) electrons. The van der Waals surface area contributed by atoms with E-state index in [2.05, 4.69) is 26.6 Å². The van der Waals surface area contributed by atoms with E-state index < -0.39 is 0 Å². The van der Waals surface area contributed by atoms with Crippen LogP contribution in [-0.4, -0.2) is 38.8 Å². The second-order valence-corrected chi connectivity index (χ2v) is 6.11. The van der Waals surface area contributed by atoms with E-state index in [0.29, 0.717) is 12.0 Å². The Hall–Kier alpha value is -0.940. The van der Waals surface area contributed by atoms with Crippen LogP contribution in [0.25, 0.3) is 0 Å². The molecule has 1 saturated heterocycles. The van der Waals surface area contributed by atoms with E-state index in [-0.39, 0.29) is 0 Å². The fourth-order valence-corrected chi connectivity index (χ4v) is 3.32. The van der Waals surface area contributed by atoms with Gasteiger partial charge < -0.3 is 10.3 Å². The lowest BCUT2D eigenvalue weighted by Crippen LogP contribution is -2.39. The second-order valence-electron chi connectivity index (χ2n) is 6.11. The molecule has 1 fully saturated rings. The highest BCUT2D eigenvalue weighted by Crippen LogP contribution is 2.21. The van der Waals surface area contributed by atoms with Crippen molar-refractivity contribution >= 4 is 0 Å². The van der Waals surface area contributed by atoms with Gasteiger partial charge in [0.1, 0.15) is 11.6 Å². The molecule has 1 unspecified atom stereocenters. The van der Waals surface area contributed by atoms with Crippen LogP contribution in [0.3, 0.4) is 0 Å². The van der Waals surface area contributed by atoms with Gasteiger partial charge >= 0.3 is 0 Å². The molecule has 106 valence electrons. The Morgan fingerprint density at radius 3 is 2.74 bits per heavy atom. The van der Waals surface area contributed by atoms with Crippen molar-refractivity contribution in [2.24, 2.45) is 11.7 Å². The van der Waals surface area contributed by atoms with Gasteiger partial charge in [-0.1, -0.05) is 0 Å². The van der Waals surface area contributed by atoms with Crippen molar-refractivity contribution in [3.8, 4) is 0 Å². The zero-order valence-electron chi connectivity index (χ0n) is 11.9. The number of hydrogen-bond acceptors (Lipinski definition) is 4. The van der Waals surface area contributed by atoms with Crippen LogP contribution in [0, 0.1) is 5.92 Å². The van der Waals surface area contributed by atoms with Crippen molar-refractivity contribution in [2.75, 3.05) is 13.1 Å². The van der Waals surface area contributed by atoms with Crippen LogP contribution in [0.5, 0.6) is 0 Å². The molecule has 3 heterocycles. The standard InChI is InChI=1S/C14H25N5/c1-11(15)12-5-8-18(9-6-12)10-14-17-16-13-4-2-3-7-19(13)14/h11-12H,2-10,15H2,1H3. The van der Waals surface area contributed by atoms with Crippen LogP contribution in [0.2, 0.25) is 0 Å². The van der Waals surface area contributed by atoms with Crippen molar-refractivity contribution in [2.45, 2.75) is 58.2 Å². The molecule has 3 rings (SSSR count). The summed E-state index contributed by atoms with van der Waals surface area (Å²) in [6, 6.07) is 0.336. The summed E-state index contributed by atoms with van der Waals surface area (Å²) in [5.74, 6) is 3.05. The maximum Gasteiger partial charge on any atom is 0.147 e. The molecule has 5 heteroatoms. The van der Waals surface area contributed by atoms with Gasteiger partial charge in [0.25, 0.3) is 0 Å². The van der Waals surface area contributed by atoms with Gasteiger partial charge in [-0.2, -0.15) is 0 Å². The first-order valence-electron chi connectivity index (χ1n) is 7.63. The topological polar surface area (TPSA) is 60.0 Å². The highest BCUT2D eigenvalue weighted by molar-refractivity contribution is 4.99. The fraction of sp³-hybridized carbons (Fsp3) is 0.857. The molecule has 2 aliphatic rings. The van der Waals surface area contributed by atoms with E-state index in [9.17, 15) is 0 Å². The molecule has 0 spiro atoms. The van der Waals surface area contributed by atoms with E-state index >= 15 is 0 Å². The van der Waals surface area contributed by atoms with Gasteiger partial charge in [-0.25, -0.2) is 0 Å². The number of nitrogens with two attached hydrogens (primary N) is 1. The summed E-state index contributed by atoms with van der Waals surface area (Å²) in [5.41, 5.74) is 5.99. The molecule has 2 aliphatic heterocycles. The summed E-state index contributed by atoms with van der Waals surface area (Å²) >= 11 is 0. The minimum Gasteiger partial charge on any atom is -0.328 e. The molecule has 0 bridgehead atoms. The monoisotopic (exact) mass is 263 g/mol. The van der Waals surface area contributed by atoms with Gasteiger partial charge in [0, 0.05) is 19.0 Å². The number of rotatable bonds is 3. The first-order valence-corrected chi connectivity index (χ1v) is 7.63. The van der Waals surface area contributed by atoms with Gasteiger partial charge in [-0.05, 0) is 51.6 Å². The molecule has 1 aromatic heterocycles. The Balaban J connectivity index is 1.59. The first-order chi connectivity index (χ1) is 9.24. The number of piperidine rings is 1. The Bertz CT molecular complexity index is 417. The smallest absolute Gasteiger partial charge is 0.147 e. The third-order valence-electron chi connectivity index (χ3n) is 4.68. The third-order valence-corrected chi connectivity index (χ3v) is 4.68. The maximum atomic E-state index is 5.99. The highest BCUT2D eigenvalue weighted by atomic mass is 15.3. The van der Waals surface area contributed by atoms with Crippen LogP contribution in [0.1, 0.15) is 44.3 Å². The molecular formula is C14H25N5. The van der Waals surface area contributed by atoms with E-state index in [0.717, 1.165) is 38.4 Å². The van der Waals surface area contributed by atoms with Gasteiger partial charge in [0.05, 0.1) is 6.54 Å². The highest BCUT2D eigenvalue weighted by Gasteiger charge is 2.24. The molecule has 0 amide bonds. The maximum absolute atomic E-state index is 5.99. The molecule has 2 N–H and O–H groups in total. The van der Waals surface area contributed by atoms with Gasteiger partial charge in [-0.3, -0.25) is 4.90 Å². The molecule has 0 aliphatic carbocycles. The lowest BCUT2D eigenvalue weighted by atomic mass is 9.91. The van der Waals surface area contributed by atoms with E-state index in [1.165, 1.54) is 31.5 Å². The SMILES string of the molecule is CC(N)C1CCN(Cc2nnc3n2CCCC3)CC1. The summed E-state index contributed by atoms with van der Waals surface area (Å²) in [6.07, 6.45) is 6.07. The average Bonchev–Trinajstić information content (AvgIpc) is 2.83. The number of likely N-dealkylation sites (tertiary alicyclic amines) is 1. The average molecular weight is 263 g/mol. The number of hydrogen-bond donors (Lipinski definition) is 1. The van der Waals surface area contributed by atoms with Crippen molar-refractivity contribution in [3.05, 3.63) is 11.6 Å². The van der Waals surface area contributed by atoms with Crippen molar-refractivity contribution in [1.82, 2.24) is 19.7 Å². The molecule has 5 nitrogen and oxygen atoms in total. The Morgan fingerprint density at radius 1 is 1.21 bits per heavy atom. The minimum atomic E-state index is 0.336. The number of aromatic nitrogens is 3. The molecule has 19 heavy (non-hydrogen) atoms. The second kappa shape index (κ2) is 5.59. The molecule has 1 aromatic rings. The summed E-state index contributed by atoms with van der Waals surface area (Å²) < 4.78 is 2.33. The van der Waals surface area contributed by atoms with Crippen LogP contribution in [0.15, 0.2) is 0 Å². The Kier molecular flexibility index (Phi) is 3.84. The van der Waals surface area contributed by atoms with Crippen molar-refractivity contribution in [3.63, 3.8) is 0 Å². The predicted octanol–water partition coefficient (Wildman–Crippen LogP) is 1.17. The molecule has 0 aromatic carbocycles. The molecule has 0 saturated carbocycles. The van der Waals surface area contributed by atoms with Crippen LogP contribution in [0.4, 0.5) is 0 Å². The lowest BCUT2D eigenvalue weighted by Gasteiger charge is -2.33. The number of nitrogens with zero attached hydrogens (tertiary/aromatic N) is 4. The summed E-state index contributed by atoms with van der Waals surface area (Å²) in [4.78, 5) is 2.50. The lowest BCUT2D eigenvalue weighted by molar-refractivity contribution is 0.160. The predicted molar refractivity (Wildman–Crippen MR) is 74.6 cm³/mol. The fourth-order valence-electron chi connectivity index (χ4n) is 3.32. The quantitative estimate of drug-likeness (QED) is 0.889. The van der Waals surface area contributed by atoms with Crippen molar-refractivity contribution < 1.29 is 0 Å². The summed E-state index contributed by atoms with van der Waals surface area (Å²) in [5, 5.41) is 8.72. The van der Waals surface area contributed by atoms with E-state index in [1.807, 2.05) is 0 Å². The van der Waals surface area contributed by atoms with Gasteiger partial charge in [-0.15, -0.1) is 10.2 Å². The molecular weight excluding hydrogens is 238 g/mol. The van der Waals surface area contributed by atoms with E-state index in [1.54, 1.807) is 0 Å². The number of fused-ring (bicyclic) bond motifs is 1. The third kappa shape index (κ3) is 2.82. The Morgan fingerprint density at radius 2 is 2.00 bits per heavy atom. The zero-order chi connectivity index (χ0) is 13.2. The van der Waals surface area contributed by atoms with Crippen LogP contribution < -0.4 is 5.73 Å². The van der Waals surface area contributed by atoms with Crippen LogP contribution in [-0.2, 0) is 19.5 Å². The summed E-state index contributed by atoms with van der Waals surface area (Å²) in [7, 11) is 0. The zero-order valence-corrected chi connectivity index (χ0v) is 11.9. The molecule has 1 atom stereocenters. The van der Waals surface area contributed by atoms with Gasteiger partial charge in [0.2, 0.25) is 0 Å². The summed E-state index contributed by atoms with van der Waals surface area (Å²) in [6.45, 7) is 6.49. The Labute approximate surface area is 115 Å². The largest absolute Gasteiger partial charge is 0.328 e.